The minimum Gasteiger partial charge on any atom is -0.462 e. The predicted molar refractivity (Wildman–Crippen MR) is 70.8 cm³/mol. The van der Waals surface area contributed by atoms with Gasteiger partial charge in [0.15, 0.2) is 10.8 Å². The maximum Gasteiger partial charge on any atom is 0.162 e. The zero-order chi connectivity index (χ0) is 11.0. The van der Waals surface area contributed by atoms with E-state index in [0.717, 1.165) is 20.2 Å². The van der Waals surface area contributed by atoms with E-state index in [4.69, 9.17) is 4.42 Å². The van der Waals surface area contributed by atoms with Crippen LogP contribution in [-0.2, 0) is 0 Å². The number of thiazole rings is 1. The van der Waals surface area contributed by atoms with Crippen molar-refractivity contribution in [1.82, 2.24) is 4.98 Å². The quantitative estimate of drug-likeness (QED) is 0.673. The van der Waals surface area contributed by atoms with E-state index >= 15 is 0 Å². The van der Waals surface area contributed by atoms with Crippen LogP contribution < -0.4 is 0 Å². The molecule has 0 amide bonds. The molecule has 3 rings (SSSR count). The standard InChI is InChI=1S/C11H6BrNOS2/c12-10-4-3-9(16-10)7-6-15-11(13-7)8-2-1-5-14-8/h1-6H. The van der Waals surface area contributed by atoms with Crippen molar-refractivity contribution in [2.45, 2.75) is 0 Å². The van der Waals surface area contributed by atoms with Gasteiger partial charge in [-0.25, -0.2) is 4.98 Å². The second kappa shape index (κ2) is 4.16. The number of aromatic nitrogens is 1. The van der Waals surface area contributed by atoms with Crippen molar-refractivity contribution in [1.29, 1.82) is 0 Å². The highest BCUT2D eigenvalue weighted by Gasteiger charge is 2.09. The molecule has 2 nitrogen and oxygen atoms in total. The van der Waals surface area contributed by atoms with Gasteiger partial charge in [-0.15, -0.1) is 22.7 Å². The van der Waals surface area contributed by atoms with E-state index in [-0.39, 0.29) is 0 Å². The fourth-order valence-electron chi connectivity index (χ4n) is 1.35. The highest BCUT2D eigenvalue weighted by Crippen LogP contribution is 2.34. The van der Waals surface area contributed by atoms with Crippen LogP contribution in [0.2, 0.25) is 0 Å². The average Bonchev–Trinajstić information content (AvgIpc) is 2.97. The van der Waals surface area contributed by atoms with E-state index in [1.807, 2.05) is 18.2 Å². The van der Waals surface area contributed by atoms with Crippen molar-refractivity contribution in [3.05, 3.63) is 39.7 Å². The summed E-state index contributed by atoms with van der Waals surface area (Å²) in [6.45, 7) is 0. The van der Waals surface area contributed by atoms with Crippen molar-refractivity contribution in [2.75, 3.05) is 0 Å². The molecule has 0 spiro atoms. The summed E-state index contributed by atoms with van der Waals surface area (Å²) in [5, 5.41) is 2.97. The minimum absolute atomic E-state index is 0.826. The maximum absolute atomic E-state index is 5.32. The molecule has 3 aromatic heterocycles. The van der Waals surface area contributed by atoms with E-state index in [1.54, 1.807) is 28.9 Å². The van der Waals surface area contributed by atoms with Crippen LogP contribution >= 0.6 is 38.6 Å². The normalized spacial score (nSPS) is 10.8. The smallest absolute Gasteiger partial charge is 0.162 e. The molecule has 0 fully saturated rings. The van der Waals surface area contributed by atoms with Gasteiger partial charge in [0.2, 0.25) is 0 Å². The van der Waals surface area contributed by atoms with E-state index in [0.29, 0.717) is 0 Å². The Bertz CT molecular complexity index is 597. The van der Waals surface area contributed by atoms with Gasteiger partial charge in [-0.2, -0.15) is 0 Å². The first-order chi connectivity index (χ1) is 7.83. The number of furan rings is 1. The fourth-order valence-corrected chi connectivity index (χ4v) is 3.56. The Labute approximate surface area is 109 Å². The molecule has 0 aliphatic rings. The lowest BCUT2D eigenvalue weighted by atomic mass is 10.4. The van der Waals surface area contributed by atoms with Crippen LogP contribution in [0.25, 0.3) is 21.3 Å². The molecule has 0 atom stereocenters. The van der Waals surface area contributed by atoms with Crippen LogP contribution in [0.3, 0.4) is 0 Å². The Morgan fingerprint density at radius 1 is 1.25 bits per heavy atom. The molecule has 16 heavy (non-hydrogen) atoms. The number of thiophene rings is 1. The van der Waals surface area contributed by atoms with E-state index < -0.39 is 0 Å². The molecule has 5 heteroatoms. The van der Waals surface area contributed by atoms with Crippen molar-refractivity contribution in [2.24, 2.45) is 0 Å². The summed E-state index contributed by atoms with van der Waals surface area (Å²) in [4.78, 5) is 5.72. The van der Waals surface area contributed by atoms with Crippen LogP contribution in [0.15, 0.2) is 44.1 Å². The van der Waals surface area contributed by atoms with Crippen LogP contribution in [-0.4, -0.2) is 4.98 Å². The summed E-state index contributed by atoms with van der Waals surface area (Å²) in [5.41, 5.74) is 1.01. The van der Waals surface area contributed by atoms with Crippen molar-refractivity contribution in [3.8, 4) is 21.3 Å². The van der Waals surface area contributed by atoms with Crippen LogP contribution in [0.5, 0.6) is 0 Å². The second-order valence-corrected chi connectivity index (χ2v) is 6.44. The molecule has 0 aliphatic heterocycles. The molecule has 0 aliphatic carbocycles. The van der Waals surface area contributed by atoms with Crippen LogP contribution in [0.1, 0.15) is 0 Å². The Balaban J connectivity index is 2.00. The summed E-state index contributed by atoms with van der Waals surface area (Å²) < 4.78 is 6.44. The Morgan fingerprint density at radius 2 is 2.19 bits per heavy atom. The average molecular weight is 312 g/mol. The summed E-state index contributed by atoms with van der Waals surface area (Å²) in [5.74, 6) is 0.826. The molecular formula is C11H6BrNOS2. The molecule has 0 saturated heterocycles. The van der Waals surface area contributed by atoms with Gasteiger partial charge in [0.05, 0.1) is 20.6 Å². The summed E-state index contributed by atoms with van der Waals surface area (Å²) in [6, 6.07) is 7.90. The van der Waals surface area contributed by atoms with Gasteiger partial charge in [-0.05, 0) is 40.2 Å². The lowest BCUT2D eigenvalue weighted by Gasteiger charge is -1.88. The fraction of sp³-hybridized carbons (Fsp3) is 0. The minimum atomic E-state index is 0.826. The predicted octanol–water partition coefficient (Wildman–Crippen LogP) is 4.89. The van der Waals surface area contributed by atoms with Gasteiger partial charge in [0, 0.05) is 5.38 Å². The third kappa shape index (κ3) is 1.86. The summed E-state index contributed by atoms with van der Waals surface area (Å²) in [7, 11) is 0. The van der Waals surface area contributed by atoms with Gasteiger partial charge in [0.25, 0.3) is 0 Å². The lowest BCUT2D eigenvalue weighted by Crippen LogP contribution is -1.73. The molecule has 0 bridgehead atoms. The van der Waals surface area contributed by atoms with Crippen molar-refractivity contribution < 1.29 is 4.42 Å². The van der Waals surface area contributed by atoms with Gasteiger partial charge in [0.1, 0.15) is 0 Å². The third-order valence-corrected chi connectivity index (χ3v) is 4.56. The lowest BCUT2D eigenvalue weighted by molar-refractivity contribution is 0.582. The molecule has 0 aromatic carbocycles. The molecule has 3 heterocycles. The Morgan fingerprint density at radius 3 is 2.88 bits per heavy atom. The van der Waals surface area contributed by atoms with Crippen molar-refractivity contribution in [3.63, 3.8) is 0 Å². The number of hydrogen-bond acceptors (Lipinski definition) is 4. The number of hydrogen-bond donors (Lipinski definition) is 0. The van der Waals surface area contributed by atoms with E-state index in [1.165, 1.54) is 4.88 Å². The number of nitrogens with zero attached hydrogens (tertiary/aromatic N) is 1. The van der Waals surface area contributed by atoms with Gasteiger partial charge in [-0.1, -0.05) is 0 Å². The van der Waals surface area contributed by atoms with Gasteiger partial charge < -0.3 is 4.42 Å². The van der Waals surface area contributed by atoms with E-state index in [9.17, 15) is 0 Å². The summed E-state index contributed by atoms with van der Waals surface area (Å²) in [6.07, 6.45) is 1.66. The SMILES string of the molecule is Brc1ccc(-c2csc(-c3ccco3)n2)s1. The summed E-state index contributed by atoms with van der Waals surface area (Å²) >= 11 is 6.73. The maximum atomic E-state index is 5.32. The molecule has 0 unspecified atom stereocenters. The zero-order valence-electron chi connectivity index (χ0n) is 8.01. The monoisotopic (exact) mass is 311 g/mol. The molecule has 0 saturated carbocycles. The molecule has 0 N–H and O–H groups in total. The van der Waals surface area contributed by atoms with E-state index in [2.05, 4.69) is 32.4 Å². The van der Waals surface area contributed by atoms with Crippen molar-refractivity contribution >= 4 is 38.6 Å². The first-order valence-electron chi connectivity index (χ1n) is 4.58. The highest BCUT2D eigenvalue weighted by molar-refractivity contribution is 9.11. The second-order valence-electron chi connectivity index (χ2n) is 3.12. The molecular weight excluding hydrogens is 306 g/mol. The molecule has 3 aromatic rings. The van der Waals surface area contributed by atoms with Gasteiger partial charge >= 0.3 is 0 Å². The Hall–Kier alpha value is -0.910. The third-order valence-electron chi connectivity index (χ3n) is 2.06. The molecule has 0 radical (unpaired) electrons. The van der Waals surface area contributed by atoms with Crippen LogP contribution in [0, 0.1) is 0 Å². The first-order valence-corrected chi connectivity index (χ1v) is 7.07. The highest BCUT2D eigenvalue weighted by atomic mass is 79.9. The number of halogens is 1. The van der Waals surface area contributed by atoms with Gasteiger partial charge in [-0.3, -0.25) is 0 Å². The Kier molecular flexibility index (Phi) is 2.67. The molecule has 80 valence electrons. The first kappa shape index (κ1) is 10.3. The van der Waals surface area contributed by atoms with Crippen LogP contribution in [0.4, 0.5) is 0 Å². The topological polar surface area (TPSA) is 26.0 Å². The zero-order valence-corrected chi connectivity index (χ0v) is 11.2. The largest absolute Gasteiger partial charge is 0.462 e. The number of rotatable bonds is 2.